The highest BCUT2D eigenvalue weighted by atomic mass is 16.5. The van der Waals surface area contributed by atoms with Crippen LogP contribution in [0.15, 0.2) is 12.1 Å². The molecule has 0 fully saturated rings. The lowest BCUT2D eigenvalue weighted by Crippen LogP contribution is -2.19. The highest BCUT2D eigenvalue weighted by Crippen LogP contribution is 2.26. The Morgan fingerprint density at radius 1 is 0.643 bits per heavy atom. The van der Waals surface area contributed by atoms with Crippen LogP contribution in [0.25, 0.3) is 0 Å². The Kier molecular flexibility index (Phi) is 10.1. The lowest BCUT2D eigenvalue weighted by molar-refractivity contribution is 0.0476. The fraction of sp³-hybridized carbons (Fsp3) is 0.667. The van der Waals surface area contributed by atoms with Crippen molar-refractivity contribution in [3.05, 3.63) is 34.4 Å². The molecule has 2 bridgehead atoms. The monoisotopic (exact) mass is 388 g/mol. The molecule has 4 nitrogen and oxygen atoms in total. The van der Waals surface area contributed by atoms with E-state index in [1.54, 1.807) is 13.8 Å². The van der Waals surface area contributed by atoms with E-state index in [9.17, 15) is 9.59 Å². The lowest BCUT2D eigenvalue weighted by atomic mass is 9.90. The highest BCUT2D eigenvalue weighted by molar-refractivity contribution is 6.05. The normalized spacial score (nSPS) is 16.5. The second-order valence-electron chi connectivity index (χ2n) is 7.61. The minimum absolute atomic E-state index is 0.296. The van der Waals surface area contributed by atoms with Crippen LogP contribution >= 0.6 is 0 Å². The summed E-state index contributed by atoms with van der Waals surface area (Å²) in [6, 6.07) is 4.05. The fourth-order valence-electron chi connectivity index (χ4n) is 4.02. The Bertz CT molecular complexity index is 581. The van der Waals surface area contributed by atoms with E-state index >= 15 is 0 Å². The molecule has 0 amide bonds. The summed E-state index contributed by atoms with van der Waals surface area (Å²) < 4.78 is 10.7. The van der Waals surface area contributed by atoms with Crippen LogP contribution in [0.1, 0.15) is 110 Å². The zero-order valence-electron chi connectivity index (χ0n) is 17.7. The zero-order valence-corrected chi connectivity index (χ0v) is 17.7. The summed E-state index contributed by atoms with van der Waals surface area (Å²) >= 11 is 0. The van der Waals surface area contributed by atoms with Crippen LogP contribution < -0.4 is 0 Å². The first-order valence-electron chi connectivity index (χ1n) is 11.2. The molecular formula is C24H36O4. The van der Waals surface area contributed by atoms with Crippen LogP contribution in [0.5, 0.6) is 0 Å². The van der Waals surface area contributed by atoms with E-state index in [4.69, 9.17) is 9.47 Å². The number of benzene rings is 1. The van der Waals surface area contributed by atoms with Gasteiger partial charge in [-0.2, -0.15) is 0 Å². The van der Waals surface area contributed by atoms with Gasteiger partial charge in [-0.1, -0.05) is 63.5 Å². The first-order valence-corrected chi connectivity index (χ1v) is 11.2. The number of esters is 2. The van der Waals surface area contributed by atoms with Crippen molar-refractivity contribution in [1.82, 2.24) is 0 Å². The fourth-order valence-corrected chi connectivity index (χ4v) is 4.02. The molecule has 0 saturated carbocycles. The van der Waals surface area contributed by atoms with Crippen LogP contribution in [0, 0.1) is 0 Å². The van der Waals surface area contributed by atoms with Crippen molar-refractivity contribution in [3.8, 4) is 0 Å². The molecule has 0 unspecified atom stereocenters. The van der Waals surface area contributed by atoms with Gasteiger partial charge in [-0.15, -0.1) is 0 Å². The van der Waals surface area contributed by atoms with Gasteiger partial charge < -0.3 is 9.47 Å². The Morgan fingerprint density at radius 3 is 1.29 bits per heavy atom. The van der Waals surface area contributed by atoms with Crippen molar-refractivity contribution in [2.45, 2.75) is 90.9 Å². The third-order valence-corrected chi connectivity index (χ3v) is 5.48. The summed E-state index contributed by atoms with van der Waals surface area (Å²) in [7, 11) is 0. The van der Waals surface area contributed by atoms with Crippen LogP contribution in [-0.2, 0) is 22.3 Å². The standard InChI is InChI=1S/C24H36O4/c1-3-27-23(25)21-19-15-13-11-9-7-5-6-8-10-12-14-16-20(18-17-19)22(21)24(26)28-4-2/h17-18H,3-16H2,1-2H3. The predicted molar refractivity (Wildman–Crippen MR) is 112 cm³/mol. The SMILES string of the molecule is CCOC(=O)c1c2ccc(c1C(=O)OCC)CCCCCCCCCCCC2. The maximum absolute atomic E-state index is 12.8. The number of fused-ring (bicyclic) bond motifs is 13. The summed E-state index contributed by atoms with van der Waals surface area (Å²) in [6.07, 6.45) is 13.6. The van der Waals surface area contributed by atoms with Crippen molar-refractivity contribution in [2.24, 2.45) is 0 Å². The Morgan fingerprint density at radius 2 is 0.964 bits per heavy atom. The van der Waals surface area contributed by atoms with Gasteiger partial charge in [0.05, 0.1) is 24.3 Å². The number of hydrogen-bond acceptors (Lipinski definition) is 4. The molecule has 0 saturated heterocycles. The minimum atomic E-state index is -0.400. The van der Waals surface area contributed by atoms with Gasteiger partial charge in [0.15, 0.2) is 0 Å². The number of ether oxygens (including phenoxy) is 2. The van der Waals surface area contributed by atoms with Gasteiger partial charge in [-0.3, -0.25) is 0 Å². The van der Waals surface area contributed by atoms with Crippen LogP contribution in [0.2, 0.25) is 0 Å². The molecule has 0 spiro atoms. The largest absolute Gasteiger partial charge is 0.462 e. The molecule has 0 N–H and O–H groups in total. The first kappa shape index (κ1) is 22.4. The smallest absolute Gasteiger partial charge is 0.339 e. The van der Waals surface area contributed by atoms with E-state index in [0.29, 0.717) is 24.3 Å². The molecule has 28 heavy (non-hydrogen) atoms. The number of carbonyl (C=O) groups excluding carboxylic acids is 2. The Balaban J connectivity index is 2.40. The first-order chi connectivity index (χ1) is 13.7. The van der Waals surface area contributed by atoms with Gasteiger partial charge in [0, 0.05) is 0 Å². The summed E-state index contributed by atoms with van der Waals surface area (Å²) in [4.78, 5) is 25.6. The second-order valence-corrected chi connectivity index (χ2v) is 7.61. The van der Waals surface area contributed by atoms with Crippen LogP contribution in [-0.4, -0.2) is 25.2 Å². The van der Waals surface area contributed by atoms with E-state index < -0.39 is 11.9 Å². The molecule has 2 aliphatic carbocycles. The third-order valence-electron chi connectivity index (χ3n) is 5.48. The molecule has 0 aromatic heterocycles. The zero-order chi connectivity index (χ0) is 20.2. The number of hydrogen-bond donors (Lipinski definition) is 0. The molecule has 0 radical (unpaired) electrons. The van der Waals surface area contributed by atoms with Gasteiger partial charge in [-0.05, 0) is 50.7 Å². The molecular weight excluding hydrogens is 352 g/mol. The maximum Gasteiger partial charge on any atom is 0.339 e. The average molecular weight is 389 g/mol. The molecule has 0 atom stereocenters. The van der Waals surface area contributed by atoms with Gasteiger partial charge >= 0.3 is 11.9 Å². The van der Waals surface area contributed by atoms with E-state index in [1.165, 1.54) is 38.5 Å². The maximum atomic E-state index is 12.8. The van der Waals surface area contributed by atoms with E-state index in [1.807, 2.05) is 12.1 Å². The number of carbonyl (C=O) groups is 2. The highest BCUT2D eigenvalue weighted by Gasteiger charge is 2.26. The number of rotatable bonds is 4. The third kappa shape index (κ3) is 6.65. The van der Waals surface area contributed by atoms with Gasteiger partial charge in [-0.25, -0.2) is 9.59 Å². The molecule has 0 heterocycles. The van der Waals surface area contributed by atoms with E-state index in [2.05, 4.69) is 0 Å². The summed E-state index contributed by atoms with van der Waals surface area (Å²) in [5.74, 6) is -0.799. The van der Waals surface area contributed by atoms with Crippen molar-refractivity contribution in [3.63, 3.8) is 0 Å². The quantitative estimate of drug-likeness (QED) is 0.590. The molecule has 1 aromatic carbocycles. The minimum Gasteiger partial charge on any atom is -0.462 e. The van der Waals surface area contributed by atoms with Crippen LogP contribution in [0.4, 0.5) is 0 Å². The van der Waals surface area contributed by atoms with Crippen molar-refractivity contribution in [1.29, 1.82) is 0 Å². The number of aryl methyl sites for hydroxylation is 2. The molecule has 4 heteroatoms. The molecule has 1 aromatic rings. The van der Waals surface area contributed by atoms with Crippen molar-refractivity contribution >= 4 is 11.9 Å². The van der Waals surface area contributed by atoms with Gasteiger partial charge in [0.2, 0.25) is 0 Å². The Labute approximate surface area is 170 Å². The van der Waals surface area contributed by atoms with E-state index in [0.717, 1.165) is 49.7 Å². The molecule has 3 rings (SSSR count). The molecule has 156 valence electrons. The van der Waals surface area contributed by atoms with Crippen molar-refractivity contribution < 1.29 is 19.1 Å². The molecule has 2 aliphatic rings. The molecule has 0 aliphatic heterocycles. The summed E-state index contributed by atoms with van der Waals surface area (Å²) in [5.41, 5.74) is 2.70. The van der Waals surface area contributed by atoms with E-state index in [-0.39, 0.29) is 0 Å². The Hall–Kier alpha value is -1.84. The van der Waals surface area contributed by atoms with Gasteiger partial charge in [0.25, 0.3) is 0 Å². The van der Waals surface area contributed by atoms with Crippen LogP contribution in [0.3, 0.4) is 0 Å². The van der Waals surface area contributed by atoms with Crippen molar-refractivity contribution in [2.75, 3.05) is 13.2 Å². The summed E-state index contributed by atoms with van der Waals surface area (Å²) in [5, 5.41) is 0. The summed E-state index contributed by atoms with van der Waals surface area (Å²) in [6.45, 7) is 4.18. The predicted octanol–water partition coefficient (Wildman–Crippen LogP) is 6.04. The topological polar surface area (TPSA) is 52.6 Å². The van der Waals surface area contributed by atoms with Gasteiger partial charge in [0.1, 0.15) is 0 Å². The second kappa shape index (κ2) is 12.6. The average Bonchev–Trinajstić information content (AvgIpc) is 2.68. The lowest BCUT2D eigenvalue weighted by Gasteiger charge is -2.17.